The number of morpholine rings is 1. The van der Waals surface area contributed by atoms with Crippen molar-refractivity contribution in [3.8, 4) is 0 Å². The molecule has 7 nitrogen and oxygen atoms in total. The van der Waals surface area contributed by atoms with E-state index in [4.69, 9.17) is 9.84 Å². The molecule has 0 bridgehead atoms. The Labute approximate surface area is 216 Å². The maximum atomic E-state index is 12.7. The van der Waals surface area contributed by atoms with Crippen molar-refractivity contribution in [2.75, 3.05) is 41.8 Å². The lowest BCUT2D eigenvalue weighted by atomic mass is 9.72. The van der Waals surface area contributed by atoms with Gasteiger partial charge in [0.25, 0.3) is 0 Å². The Balaban J connectivity index is 1.36. The number of benzene rings is 3. The van der Waals surface area contributed by atoms with Crippen LogP contribution in [0.1, 0.15) is 47.3 Å². The van der Waals surface area contributed by atoms with Gasteiger partial charge in [0.15, 0.2) is 0 Å². The number of nitrogens with zero attached hydrogens (tertiary/aromatic N) is 1. The summed E-state index contributed by atoms with van der Waals surface area (Å²) in [6, 6.07) is 20.4. The highest BCUT2D eigenvalue weighted by molar-refractivity contribution is 6.00. The lowest BCUT2D eigenvalue weighted by Gasteiger charge is -2.33. The van der Waals surface area contributed by atoms with Gasteiger partial charge in [-0.15, -0.1) is 0 Å². The van der Waals surface area contributed by atoms with Gasteiger partial charge in [-0.05, 0) is 82.6 Å². The van der Waals surface area contributed by atoms with Crippen molar-refractivity contribution in [1.82, 2.24) is 0 Å². The Bertz CT molecular complexity index is 1340. The van der Waals surface area contributed by atoms with E-state index in [9.17, 15) is 9.59 Å². The quantitative estimate of drug-likeness (QED) is 0.404. The molecule has 0 aromatic heterocycles. The van der Waals surface area contributed by atoms with Gasteiger partial charge in [-0.2, -0.15) is 0 Å². The summed E-state index contributed by atoms with van der Waals surface area (Å²) >= 11 is 0. The summed E-state index contributed by atoms with van der Waals surface area (Å²) in [6.07, 6.45) is 3.22. The molecule has 0 saturated carbocycles. The summed E-state index contributed by atoms with van der Waals surface area (Å²) in [5.74, 6) is -1.01. The van der Waals surface area contributed by atoms with Crippen molar-refractivity contribution in [2.24, 2.45) is 0 Å². The van der Waals surface area contributed by atoms with Crippen LogP contribution in [0, 0.1) is 0 Å². The number of aromatic carboxylic acids is 1. The standard InChI is InChI=1S/C30H31N3O4/c1-30(2)14-13-25(20-5-10-24(11-6-20)33-15-17-37-18-16-33)26-19-23(9-12-27(26)30)32-29(36)31-22-7-3-21(4-8-22)28(34)35/h3-13,19H,14-18H2,1-2H3,(H,34,35)(H2,31,32,36). The first-order valence-corrected chi connectivity index (χ1v) is 12.5. The van der Waals surface area contributed by atoms with Gasteiger partial charge in [0.1, 0.15) is 0 Å². The molecular formula is C30H31N3O4. The molecule has 0 unspecified atom stereocenters. The fraction of sp³-hybridized carbons (Fsp3) is 0.267. The van der Waals surface area contributed by atoms with Crippen LogP contribution in [-0.2, 0) is 10.2 Å². The van der Waals surface area contributed by atoms with Crippen LogP contribution in [0.15, 0.2) is 72.8 Å². The van der Waals surface area contributed by atoms with E-state index in [-0.39, 0.29) is 11.0 Å². The van der Waals surface area contributed by atoms with Crippen LogP contribution in [0.5, 0.6) is 0 Å². The Hall–Kier alpha value is -4.10. The lowest BCUT2D eigenvalue weighted by Crippen LogP contribution is -2.36. The Morgan fingerprint density at radius 1 is 0.892 bits per heavy atom. The summed E-state index contributed by atoms with van der Waals surface area (Å²) in [7, 11) is 0. The molecule has 3 N–H and O–H groups in total. The summed E-state index contributed by atoms with van der Waals surface area (Å²) in [5, 5.41) is 14.7. The zero-order valence-corrected chi connectivity index (χ0v) is 21.1. The number of carboxylic acid groups (broad SMARTS) is 1. The number of amides is 2. The first-order valence-electron chi connectivity index (χ1n) is 12.5. The van der Waals surface area contributed by atoms with Gasteiger partial charge < -0.3 is 25.4 Å². The first-order chi connectivity index (χ1) is 17.8. The fourth-order valence-electron chi connectivity index (χ4n) is 4.95. The van der Waals surface area contributed by atoms with Crippen LogP contribution < -0.4 is 15.5 Å². The van der Waals surface area contributed by atoms with E-state index in [1.165, 1.54) is 23.4 Å². The highest BCUT2D eigenvalue weighted by Crippen LogP contribution is 2.42. The molecule has 1 aliphatic heterocycles. The number of anilines is 3. The molecule has 0 atom stereocenters. The van der Waals surface area contributed by atoms with Gasteiger partial charge in [0.2, 0.25) is 0 Å². The van der Waals surface area contributed by atoms with Crippen LogP contribution in [0.25, 0.3) is 5.57 Å². The van der Waals surface area contributed by atoms with Gasteiger partial charge in [-0.3, -0.25) is 0 Å². The molecule has 0 spiro atoms. The minimum Gasteiger partial charge on any atom is -0.478 e. The molecule has 3 aromatic rings. The molecule has 190 valence electrons. The van der Waals surface area contributed by atoms with E-state index >= 15 is 0 Å². The third-order valence-electron chi connectivity index (χ3n) is 7.06. The highest BCUT2D eigenvalue weighted by atomic mass is 16.5. The second-order valence-corrected chi connectivity index (χ2v) is 10.1. The predicted molar refractivity (Wildman–Crippen MR) is 147 cm³/mol. The number of allylic oxidation sites excluding steroid dienone is 1. The van der Waals surface area contributed by atoms with Gasteiger partial charge in [-0.25, -0.2) is 9.59 Å². The van der Waals surface area contributed by atoms with Crippen molar-refractivity contribution in [3.05, 3.63) is 95.1 Å². The molecule has 0 radical (unpaired) electrons. The van der Waals surface area contributed by atoms with Gasteiger partial charge >= 0.3 is 12.0 Å². The average Bonchev–Trinajstić information content (AvgIpc) is 2.89. The minimum absolute atomic E-state index is 0.0146. The average molecular weight is 498 g/mol. The third-order valence-corrected chi connectivity index (χ3v) is 7.06. The summed E-state index contributed by atoms with van der Waals surface area (Å²) in [4.78, 5) is 26.1. The second-order valence-electron chi connectivity index (χ2n) is 10.1. The number of urea groups is 1. The SMILES string of the molecule is CC1(C)CC=C(c2ccc(N3CCOCC3)cc2)c2cc(NC(=O)Nc3ccc(C(=O)O)cc3)ccc21. The smallest absolute Gasteiger partial charge is 0.335 e. The molecule has 1 fully saturated rings. The van der Waals surface area contributed by atoms with Crippen LogP contribution >= 0.6 is 0 Å². The number of carbonyl (C=O) groups excluding carboxylic acids is 1. The topological polar surface area (TPSA) is 90.9 Å². The molecular weight excluding hydrogens is 466 g/mol. The highest BCUT2D eigenvalue weighted by Gasteiger charge is 2.29. The number of nitrogens with one attached hydrogen (secondary N) is 2. The van der Waals surface area contributed by atoms with Crippen LogP contribution in [-0.4, -0.2) is 43.4 Å². The van der Waals surface area contributed by atoms with Crippen LogP contribution in [0.4, 0.5) is 21.9 Å². The predicted octanol–water partition coefficient (Wildman–Crippen LogP) is 5.98. The molecule has 7 heteroatoms. The van der Waals surface area contributed by atoms with Gasteiger partial charge in [-0.1, -0.05) is 38.1 Å². The maximum Gasteiger partial charge on any atom is 0.335 e. The van der Waals surface area contributed by atoms with E-state index in [2.05, 4.69) is 65.8 Å². The second kappa shape index (κ2) is 10.1. The lowest BCUT2D eigenvalue weighted by molar-refractivity contribution is 0.0697. The molecule has 5 rings (SSSR count). The number of ether oxygens (including phenoxy) is 1. The van der Waals surface area contributed by atoms with E-state index < -0.39 is 12.0 Å². The van der Waals surface area contributed by atoms with Crippen molar-refractivity contribution in [3.63, 3.8) is 0 Å². The largest absolute Gasteiger partial charge is 0.478 e. The van der Waals surface area contributed by atoms with Gasteiger partial charge in [0.05, 0.1) is 18.8 Å². The fourth-order valence-corrected chi connectivity index (χ4v) is 4.95. The molecule has 37 heavy (non-hydrogen) atoms. The minimum atomic E-state index is -1.01. The molecule has 2 amide bonds. The number of fused-ring (bicyclic) bond motifs is 1. The Morgan fingerprint density at radius 3 is 2.22 bits per heavy atom. The molecule has 3 aromatic carbocycles. The number of hydrogen-bond donors (Lipinski definition) is 3. The van der Waals surface area contributed by atoms with E-state index in [1.54, 1.807) is 12.1 Å². The van der Waals surface area contributed by atoms with Crippen LogP contribution in [0.3, 0.4) is 0 Å². The van der Waals surface area contributed by atoms with Crippen molar-refractivity contribution in [1.29, 1.82) is 0 Å². The van der Waals surface area contributed by atoms with E-state index in [0.29, 0.717) is 11.4 Å². The maximum absolute atomic E-state index is 12.7. The van der Waals surface area contributed by atoms with Crippen LogP contribution in [0.2, 0.25) is 0 Å². The summed E-state index contributed by atoms with van der Waals surface area (Å²) in [6.45, 7) is 7.79. The number of rotatable bonds is 5. The Morgan fingerprint density at radius 2 is 1.54 bits per heavy atom. The number of carboxylic acids is 1. The van der Waals surface area contributed by atoms with Crippen molar-refractivity contribution < 1.29 is 19.4 Å². The molecule has 1 saturated heterocycles. The monoisotopic (exact) mass is 497 g/mol. The zero-order valence-electron chi connectivity index (χ0n) is 21.1. The third kappa shape index (κ3) is 5.37. The summed E-state index contributed by atoms with van der Waals surface area (Å²) < 4.78 is 5.48. The summed E-state index contributed by atoms with van der Waals surface area (Å²) in [5.41, 5.74) is 7.23. The zero-order chi connectivity index (χ0) is 26.0. The number of carbonyl (C=O) groups is 2. The molecule has 2 aliphatic rings. The molecule has 1 aliphatic carbocycles. The van der Waals surface area contributed by atoms with Crippen molar-refractivity contribution >= 4 is 34.6 Å². The van der Waals surface area contributed by atoms with E-state index in [0.717, 1.165) is 49.4 Å². The Kier molecular flexibility index (Phi) is 6.72. The normalized spacial score (nSPS) is 16.4. The van der Waals surface area contributed by atoms with Crippen molar-refractivity contribution in [2.45, 2.75) is 25.7 Å². The van der Waals surface area contributed by atoms with Gasteiger partial charge in [0, 0.05) is 30.2 Å². The first kappa shape index (κ1) is 24.6. The molecule has 1 heterocycles. The number of hydrogen-bond acceptors (Lipinski definition) is 4. The van der Waals surface area contributed by atoms with E-state index in [1.807, 2.05) is 12.1 Å².